The standard InChI is InChI=1S/C15H19F3N2O/c16-15(17,18)11-2-3-12(20-9-11)13(19)10-4-7-21-14(8-10)5-1-6-14/h2-3,9-10,13H,1,4-8,19H2. The SMILES string of the molecule is NC(c1ccc(C(F)(F)F)cn1)C1CCOC2(CCC2)C1. The lowest BCUT2D eigenvalue weighted by Crippen LogP contribution is -2.47. The van der Waals surface area contributed by atoms with E-state index in [1.165, 1.54) is 12.5 Å². The Hall–Kier alpha value is -1.14. The Kier molecular flexibility index (Phi) is 3.69. The molecule has 1 saturated heterocycles. The van der Waals surface area contributed by atoms with Crippen molar-refractivity contribution in [3.05, 3.63) is 29.6 Å². The van der Waals surface area contributed by atoms with Crippen molar-refractivity contribution >= 4 is 0 Å². The van der Waals surface area contributed by atoms with Gasteiger partial charge < -0.3 is 10.5 Å². The molecule has 1 aliphatic heterocycles. The number of hydrogen-bond acceptors (Lipinski definition) is 3. The summed E-state index contributed by atoms with van der Waals surface area (Å²) in [5.74, 6) is 0.225. The highest BCUT2D eigenvalue weighted by atomic mass is 19.4. The van der Waals surface area contributed by atoms with Gasteiger partial charge in [-0.05, 0) is 50.2 Å². The fourth-order valence-corrected chi connectivity index (χ4v) is 3.30. The Morgan fingerprint density at radius 1 is 1.33 bits per heavy atom. The van der Waals surface area contributed by atoms with E-state index in [0.717, 1.165) is 37.9 Å². The van der Waals surface area contributed by atoms with Crippen LogP contribution in [0, 0.1) is 5.92 Å². The van der Waals surface area contributed by atoms with Crippen molar-refractivity contribution in [2.75, 3.05) is 6.61 Å². The van der Waals surface area contributed by atoms with Gasteiger partial charge in [-0.2, -0.15) is 13.2 Å². The van der Waals surface area contributed by atoms with E-state index in [2.05, 4.69) is 4.98 Å². The second-order valence-electron chi connectivity index (χ2n) is 6.13. The summed E-state index contributed by atoms with van der Waals surface area (Å²) >= 11 is 0. The Labute approximate surface area is 121 Å². The number of alkyl halides is 3. The Morgan fingerprint density at radius 2 is 2.10 bits per heavy atom. The monoisotopic (exact) mass is 300 g/mol. The van der Waals surface area contributed by atoms with Crippen molar-refractivity contribution in [1.29, 1.82) is 0 Å². The summed E-state index contributed by atoms with van der Waals surface area (Å²) in [6.45, 7) is 0.680. The quantitative estimate of drug-likeness (QED) is 0.910. The molecular formula is C15H19F3N2O. The predicted molar refractivity (Wildman–Crippen MR) is 71.4 cm³/mol. The minimum atomic E-state index is -4.36. The Bertz CT molecular complexity index is 497. The van der Waals surface area contributed by atoms with Crippen LogP contribution in [0.3, 0.4) is 0 Å². The van der Waals surface area contributed by atoms with E-state index in [1.807, 2.05) is 0 Å². The first-order valence-corrected chi connectivity index (χ1v) is 7.32. The average Bonchev–Trinajstić information content (AvgIpc) is 2.44. The molecule has 1 aromatic rings. The van der Waals surface area contributed by atoms with Crippen LogP contribution in [0.4, 0.5) is 13.2 Å². The minimum Gasteiger partial charge on any atom is -0.375 e. The number of aromatic nitrogens is 1. The third kappa shape index (κ3) is 2.92. The molecule has 2 aliphatic rings. The van der Waals surface area contributed by atoms with Crippen LogP contribution >= 0.6 is 0 Å². The van der Waals surface area contributed by atoms with E-state index in [-0.39, 0.29) is 17.6 Å². The predicted octanol–water partition coefficient (Wildman–Crippen LogP) is 3.45. The molecule has 116 valence electrons. The fourth-order valence-electron chi connectivity index (χ4n) is 3.30. The molecule has 0 radical (unpaired) electrons. The molecule has 2 atom stereocenters. The molecule has 2 unspecified atom stereocenters. The lowest BCUT2D eigenvalue weighted by atomic mass is 9.70. The Balaban J connectivity index is 1.71. The molecular weight excluding hydrogens is 281 g/mol. The molecule has 1 saturated carbocycles. The molecule has 3 rings (SSSR count). The van der Waals surface area contributed by atoms with Crippen molar-refractivity contribution in [2.45, 2.75) is 49.9 Å². The smallest absolute Gasteiger partial charge is 0.375 e. The van der Waals surface area contributed by atoms with Crippen molar-refractivity contribution in [3.63, 3.8) is 0 Å². The molecule has 21 heavy (non-hydrogen) atoms. The van der Waals surface area contributed by atoms with Gasteiger partial charge in [0, 0.05) is 12.8 Å². The maximum atomic E-state index is 12.5. The van der Waals surface area contributed by atoms with Gasteiger partial charge in [-0.3, -0.25) is 4.98 Å². The molecule has 3 nitrogen and oxygen atoms in total. The average molecular weight is 300 g/mol. The zero-order valence-electron chi connectivity index (χ0n) is 11.7. The third-order valence-electron chi connectivity index (χ3n) is 4.76. The van der Waals surface area contributed by atoms with Crippen molar-refractivity contribution in [1.82, 2.24) is 4.98 Å². The molecule has 1 aromatic heterocycles. The fraction of sp³-hybridized carbons (Fsp3) is 0.667. The van der Waals surface area contributed by atoms with E-state index >= 15 is 0 Å². The lowest BCUT2D eigenvalue weighted by Gasteiger charge is -2.48. The largest absolute Gasteiger partial charge is 0.417 e. The summed E-state index contributed by atoms with van der Waals surface area (Å²) in [5.41, 5.74) is 6.00. The number of rotatable bonds is 2. The number of halogens is 3. The summed E-state index contributed by atoms with van der Waals surface area (Å²) in [4.78, 5) is 3.93. The van der Waals surface area contributed by atoms with Gasteiger partial charge in [0.25, 0.3) is 0 Å². The van der Waals surface area contributed by atoms with Gasteiger partial charge in [0.15, 0.2) is 0 Å². The highest BCUT2D eigenvalue weighted by Gasteiger charge is 2.44. The summed E-state index contributed by atoms with van der Waals surface area (Å²) in [6.07, 6.45) is 1.55. The van der Waals surface area contributed by atoms with Gasteiger partial charge in [0.1, 0.15) is 0 Å². The van der Waals surface area contributed by atoms with E-state index < -0.39 is 11.7 Å². The van der Waals surface area contributed by atoms with Gasteiger partial charge in [-0.25, -0.2) is 0 Å². The summed E-state index contributed by atoms with van der Waals surface area (Å²) < 4.78 is 43.5. The van der Waals surface area contributed by atoms with Crippen LogP contribution in [-0.2, 0) is 10.9 Å². The number of hydrogen-bond donors (Lipinski definition) is 1. The maximum absolute atomic E-state index is 12.5. The van der Waals surface area contributed by atoms with Gasteiger partial charge in [-0.1, -0.05) is 0 Å². The zero-order valence-corrected chi connectivity index (χ0v) is 11.7. The second-order valence-corrected chi connectivity index (χ2v) is 6.13. The third-order valence-corrected chi connectivity index (χ3v) is 4.76. The highest BCUT2D eigenvalue weighted by molar-refractivity contribution is 5.19. The molecule has 0 bridgehead atoms. The minimum absolute atomic E-state index is 0.0214. The van der Waals surface area contributed by atoms with Gasteiger partial charge in [-0.15, -0.1) is 0 Å². The van der Waals surface area contributed by atoms with E-state index in [0.29, 0.717) is 12.3 Å². The maximum Gasteiger partial charge on any atom is 0.417 e. The number of nitrogens with two attached hydrogens (primary N) is 1. The Morgan fingerprint density at radius 3 is 2.62 bits per heavy atom. The van der Waals surface area contributed by atoms with Crippen LogP contribution < -0.4 is 5.73 Å². The second kappa shape index (κ2) is 5.25. The molecule has 0 amide bonds. The van der Waals surface area contributed by atoms with Crippen LogP contribution in [0.2, 0.25) is 0 Å². The first-order chi connectivity index (χ1) is 9.90. The van der Waals surface area contributed by atoms with Crippen LogP contribution in [-0.4, -0.2) is 17.2 Å². The summed E-state index contributed by atoms with van der Waals surface area (Å²) in [5, 5.41) is 0. The number of ether oxygens (including phenoxy) is 1. The summed E-state index contributed by atoms with van der Waals surface area (Å²) in [7, 11) is 0. The molecule has 1 spiro atoms. The van der Waals surface area contributed by atoms with E-state index in [1.54, 1.807) is 0 Å². The number of pyridine rings is 1. The molecule has 0 aromatic carbocycles. The van der Waals surface area contributed by atoms with E-state index in [9.17, 15) is 13.2 Å². The van der Waals surface area contributed by atoms with Gasteiger partial charge >= 0.3 is 6.18 Å². The topological polar surface area (TPSA) is 48.1 Å². The normalized spacial score (nSPS) is 26.4. The van der Waals surface area contributed by atoms with Crippen LogP contribution in [0.5, 0.6) is 0 Å². The van der Waals surface area contributed by atoms with Crippen molar-refractivity contribution < 1.29 is 17.9 Å². The van der Waals surface area contributed by atoms with Gasteiger partial charge in [0.2, 0.25) is 0 Å². The first kappa shape index (κ1) is 14.8. The van der Waals surface area contributed by atoms with Crippen molar-refractivity contribution in [2.24, 2.45) is 11.7 Å². The van der Waals surface area contributed by atoms with E-state index in [4.69, 9.17) is 10.5 Å². The highest BCUT2D eigenvalue weighted by Crippen LogP contribution is 2.46. The molecule has 1 aliphatic carbocycles. The van der Waals surface area contributed by atoms with Crippen LogP contribution in [0.25, 0.3) is 0 Å². The van der Waals surface area contributed by atoms with Crippen molar-refractivity contribution in [3.8, 4) is 0 Å². The molecule has 2 N–H and O–H groups in total. The molecule has 6 heteroatoms. The molecule has 2 fully saturated rings. The number of nitrogens with zero attached hydrogens (tertiary/aromatic N) is 1. The van der Waals surface area contributed by atoms with Crippen LogP contribution in [0.1, 0.15) is 49.4 Å². The summed E-state index contributed by atoms with van der Waals surface area (Å²) in [6, 6.07) is 2.13. The lowest BCUT2D eigenvalue weighted by molar-refractivity contribution is -0.146. The molecule has 2 heterocycles. The first-order valence-electron chi connectivity index (χ1n) is 7.32. The van der Waals surface area contributed by atoms with Crippen LogP contribution in [0.15, 0.2) is 18.3 Å². The van der Waals surface area contributed by atoms with Gasteiger partial charge in [0.05, 0.1) is 22.9 Å². The zero-order chi connectivity index (χ0) is 15.1.